The maximum atomic E-state index is 11.8. The van der Waals surface area contributed by atoms with Crippen LogP contribution in [0.3, 0.4) is 0 Å². The van der Waals surface area contributed by atoms with Crippen molar-refractivity contribution in [2.45, 2.75) is 25.2 Å². The van der Waals surface area contributed by atoms with Crippen molar-refractivity contribution in [1.82, 2.24) is 0 Å². The second-order valence-electron chi connectivity index (χ2n) is 4.39. The number of hydrogen-bond acceptors (Lipinski definition) is 3. The van der Waals surface area contributed by atoms with Gasteiger partial charge in [-0.1, -0.05) is 26.0 Å². The normalized spacial score (nSPS) is 10.8. The number of Topliss-reactive ketones (excluding diaryl/α,β-unsaturated/α-hetero) is 1. The minimum absolute atomic E-state index is 0.0569. The molecule has 0 bridgehead atoms. The zero-order valence-corrected chi connectivity index (χ0v) is 11.5. The highest BCUT2D eigenvalue weighted by atomic mass is 32.2. The number of ketones is 1. The first-order chi connectivity index (χ1) is 8.13. The van der Waals surface area contributed by atoms with Gasteiger partial charge in [0.25, 0.3) is 0 Å². The second kappa shape index (κ2) is 7.51. The summed E-state index contributed by atoms with van der Waals surface area (Å²) in [6.45, 7) is 5.14. The quantitative estimate of drug-likeness (QED) is 0.421. The van der Waals surface area contributed by atoms with E-state index in [1.54, 1.807) is 11.8 Å². The van der Waals surface area contributed by atoms with Gasteiger partial charge in [0.2, 0.25) is 0 Å². The molecule has 0 saturated carbocycles. The first-order valence-electron chi connectivity index (χ1n) is 5.88. The third kappa shape index (κ3) is 5.37. The van der Waals surface area contributed by atoms with E-state index >= 15 is 0 Å². The molecule has 0 N–H and O–H groups in total. The Morgan fingerprint density at radius 2 is 1.94 bits per heavy atom. The van der Waals surface area contributed by atoms with Crippen LogP contribution in [0.25, 0.3) is 0 Å². The van der Waals surface area contributed by atoms with E-state index in [2.05, 4.69) is 13.8 Å². The van der Waals surface area contributed by atoms with Crippen LogP contribution in [-0.4, -0.2) is 25.3 Å². The molecular formula is C14H20O2S. The van der Waals surface area contributed by atoms with Gasteiger partial charge in [0, 0.05) is 17.1 Å². The third-order valence-corrected chi connectivity index (χ3v) is 3.23. The van der Waals surface area contributed by atoms with E-state index in [1.807, 2.05) is 30.5 Å². The summed E-state index contributed by atoms with van der Waals surface area (Å²) in [6, 6.07) is 7.65. The molecule has 0 unspecified atom stereocenters. The SMILES string of the molecule is CSc1ccc(C(=O)COCCC(C)C)cc1. The topological polar surface area (TPSA) is 26.3 Å². The Kier molecular flexibility index (Phi) is 6.30. The summed E-state index contributed by atoms with van der Waals surface area (Å²) in [5.74, 6) is 0.673. The van der Waals surface area contributed by atoms with Gasteiger partial charge in [-0.3, -0.25) is 4.79 Å². The summed E-state index contributed by atoms with van der Waals surface area (Å²) < 4.78 is 5.36. The number of rotatable bonds is 7. The van der Waals surface area contributed by atoms with Crippen LogP contribution in [0, 0.1) is 5.92 Å². The average molecular weight is 252 g/mol. The average Bonchev–Trinajstić information content (AvgIpc) is 2.34. The molecule has 0 fully saturated rings. The summed E-state index contributed by atoms with van der Waals surface area (Å²) >= 11 is 1.67. The monoisotopic (exact) mass is 252 g/mol. The van der Waals surface area contributed by atoms with Gasteiger partial charge in [0.15, 0.2) is 5.78 Å². The highest BCUT2D eigenvalue weighted by Crippen LogP contribution is 2.15. The van der Waals surface area contributed by atoms with Gasteiger partial charge in [0.05, 0.1) is 0 Å². The van der Waals surface area contributed by atoms with E-state index in [0.29, 0.717) is 12.5 Å². The molecule has 3 heteroatoms. The molecule has 0 saturated heterocycles. The Morgan fingerprint density at radius 1 is 1.29 bits per heavy atom. The van der Waals surface area contributed by atoms with Gasteiger partial charge in [-0.15, -0.1) is 11.8 Å². The number of hydrogen-bond donors (Lipinski definition) is 0. The van der Waals surface area contributed by atoms with E-state index in [1.165, 1.54) is 4.90 Å². The molecule has 0 spiro atoms. The first-order valence-corrected chi connectivity index (χ1v) is 7.11. The van der Waals surface area contributed by atoms with Gasteiger partial charge >= 0.3 is 0 Å². The van der Waals surface area contributed by atoms with E-state index in [0.717, 1.165) is 12.0 Å². The Balaban J connectivity index is 2.36. The molecule has 2 nitrogen and oxygen atoms in total. The van der Waals surface area contributed by atoms with Crippen molar-refractivity contribution >= 4 is 17.5 Å². The zero-order valence-electron chi connectivity index (χ0n) is 10.7. The lowest BCUT2D eigenvalue weighted by Gasteiger charge is -2.06. The number of carbonyl (C=O) groups excluding carboxylic acids is 1. The van der Waals surface area contributed by atoms with Crippen LogP contribution in [0.5, 0.6) is 0 Å². The Hall–Kier alpha value is -0.800. The van der Waals surface area contributed by atoms with E-state index in [-0.39, 0.29) is 12.4 Å². The van der Waals surface area contributed by atoms with Crippen LogP contribution < -0.4 is 0 Å². The minimum atomic E-state index is 0.0569. The van der Waals surface area contributed by atoms with Crippen LogP contribution in [0.15, 0.2) is 29.2 Å². The van der Waals surface area contributed by atoms with Gasteiger partial charge in [0.1, 0.15) is 6.61 Å². The van der Waals surface area contributed by atoms with Gasteiger partial charge in [-0.2, -0.15) is 0 Å². The van der Waals surface area contributed by atoms with Crippen molar-refractivity contribution in [2.24, 2.45) is 5.92 Å². The van der Waals surface area contributed by atoms with Crippen LogP contribution in [0.1, 0.15) is 30.6 Å². The number of carbonyl (C=O) groups is 1. The standard InChI is InChI=1S/C14H20O2S/c1-11(2)8-9-16-10-14(15)12-4-6-13(17-3)7-5-12/h4-7,11H,8-10H2,1-3H3. The lowest BCUT2D eigenvalue weighted by molar-refractivity contribution is 0.0739. The lowest BCUT2D eigenvalue weighted by Crippen LogP contribution is -2.10. The molecule has 1 aromatic carbocycles. The number of thioether (sulfide) groups is 1. The lowest BCUT2D eigenvalue weighted by atomic mass is 10.1. The van der Waals surface area contributed by atoms with Gasteiger partial charge in [-0.25, -0.2) is 0 Å². The molecule has 0 heterocycles. The van der Waals surface area contributed by atoms with Crippen molar-refractivity contribution < 1.29 is 9.53 Å². The van der Waals surface area contributed by atoms with Crippen LogP contribution in [0.4, 0.5) is 0 Å². The highest BCUT2D eigenvalue weighted by Gasteiger charge is 2.05. The fourth-order valence-electron chi connectivity index (χ4n) is 1.34. The Bertz CT molecular complexity index is 344. The smallest absolute Gasteiger partial charge is 0.188 e. The largest absolute Gasteiger partial charge is 0.373 e. The third-order valence-electron chi connectivity index (χ3n) is 2.48. The second-order valence-corrected chi connectivity index (χ2v) is 5.27. The first kappa shape index (κ1) is 14.3. The van der Waals surface area contributed by atoms with E-state index < -0.39 is 0 Å². The predicted molar refractivity (Wildman–Crippen MR) is 72.8 cm³/mol. The molecular weight excluding hydrogens is 232 g/mol. The molecule has 0 atom stereocenters. The predicted octanol–water partition coefficient (Wildman–Crippen LogP) is 3.65. The van der Waals surface area contributed by atoms with Crippen molar-refractivity contribution in [3.63, 3.8) is 0 Å². The maximum absolute atomic E-state index is 11.8. The molecule has 0 amide bonds. The molecule has 17 heavy (non-hydrogen) atoms. The number of ether oxygens (including phenoxy) is 1. The summed E-state index contributed by atoms with van der Waals surface area (Å²) in [6.07, 6.45) is 3.02. The maximum Gasteiger partial charge on any atom is 0.188 e. The number of benzene rings is 1. The van der Waals surface area contributed by atoms with Gasteiger partial charge in [-0.05, 0) is 30.7 Å². The van der Waals surface area contributed by atoms with E-state index in [9.17, 15) is 4.79 Å². The Morgan fingerprint density at radius 3 is 2.47 bits per heavy atom. The fourth-order valence-corrected chi connectivity index (χ4v) is 1.75. The highest BCUT2D eigenvalue weighted by molar-refractivity contribution is 7.98. The molecule has 0 aliphatic rings. The summed E-state index contributed by atoms with van der Waals surface area (Å²) in [7, 11) is 0. The van der Waals surface area contributed by atoms with Crippen LogP contribution in [-0.2, 0) is 4.74 Å². The molecule has 0 aromatic heterocycles. The van der Waals surface area contributed by atoms with E-state index in [4.69, 9.17) is 4.74 Å². The van der Waals surface area contributed by atoms with Crippen LogP contribution in [0.2, 0.25) is 0 Å². The molecule has 94 valence electrons. The van der Waals surface area contributed by atoms with Gasteiger partial charge < -0.3 is 4.74 Å². The van der Waals surface area contributed by atoms with Crippen LogP contribution >= 0.6 is 11.8 Å². The molecule has 1 rings (SSSR count). The summed E-state index contributed by atoms with van der Waals surface area (Å²) in [5.41, 5.74) is 0.729. The summed E-state index contributed by atoms with van der Waals surface area (Å²) in [5, 5.41) is 0. The molecule has 1 aromatic rings. The molecule has 0 aliphatic heterocycles. The van der Waals surface area contributed by atoms with Crippen molar-refractivity contribution in [1.29, 1.82) is 0 Å². The van der Waals surface area contributed by atoms with Crippen molar-refractivity contribution in [2.75, 3.05) is 19.5 Å². The summed E-state index contributed by atoms with van der Waals surface area (Å²) in [4.78, 5) is 12.9. The van der Waals surface area contributed by atoms with Crippen molar-refractivity contribution in [3.05, 3.63) is 29.8 Å². The molecule has 0 aliphatic carbocycles. The molecule has 0 radical (unpaired) electrons. The fraction of sp³-hybridized carbons (Fsp3) is 0.500. The minimum Gasteiger partial charge on any atom is -0.373 e. The zero-order chi connectivity index (χ0) is 12.7. The Labute approximate surface area is 108 Å². The van der Waals surface area contributed by atoms with Crippen molar-refractivity contribution in [3.8, 4) is 0 Å².